The van der Waals surface area contributed by atoms with Gasteiger partial charge in [0.25, 0.3) is 0 Å². The Bertz CT molecular complexity index is 114. The summed E-state index contributed by atoms with van der Waals surface area (Å²) in [7, 11) is 0. The zero-order valence-corrected chi connectivity index (χ0v) is 4.76. The molecule has 1 aliphatic rings. The fourth-order valence-corrected chi connectivity index (χ4v) is 0.624. The Balaban J connectivity index is 2.56. The molecular formula is C4H5ClO3. The van der Waals surface area contributed by atoms with Crippen molar-refractivity contribution in [2.45, 2.75) is 11.5 Å². The number of carbonyl (C=O) groups is 1. The second kappa shape index (κ2) is 1.91. The molecule has 0 amide bonds. The molecule has 1 N–H and O–H groups in total. The van der Waals surface area contributed by atoms with Crippen molar-refractivity contribution < 1.29 is 14.6 Å². The van der Waals surface area contributed by atoms with Gasteiger partial charge in [-0.05, 0) is 0 Å². The van der Waals surface area contributed by atoms with Gasteiger partial charge in [0, 0.05) is 0 Å². The third-order valence-corrected chi connectivity index (χ3v) is 1.43. The minimum absolute atomic E-state index is 0.0347. The summed E-state index contributed by atoms with van der Waals surface area (Å²) in [5.41, 5.74) is 0. The fraction of sp³-hybridized carbons (Fsp3) is 0.750. The van der Waals surface area contributed by atoms with Gasteiger partial charge < -0.3 is 9.84 Å². The lowest BCUT2D eigenvalue weighted by Crippen LogP contribution is -2.19. The molecule has 0 radical (unpaired) electrons. The molecule has 4 heteroatoms. The summed E-state index contributed by atoms with van der Waals surface area (Å²) in [5, 5.41) is 7.84. The third-order valence-electron chi connectivity index (χ3n) is 0.959. The van der Waals surface area contributed by atoms with Crippen LogP contribution in [0.25, 0.3) is 0 Å². The highest BCUT2D eigenvalue weighted by molar-refractivity contribution is 6.30. The molecular weight excluding hydrogens is 131 g/mol. The van der Waals surface area contributed by atoms with Gasteiger partial charge in [-0.3, -0.25) is 4.79 Å². The number of carbonyl (C=O) groups excluding carboxylic acids is 1. The van der Waals surface area contributed by atoms with Gasteiger partial charge in [-0.15, -0.1) is 11.6 Å². The minimum atomic E-state index is -0.852. The van der Waals surface area contributed by atoms with Crippen LogP contribution < -0.4 is 0 Å². The van der Waals surface area contributed by atoms with Crippen molar-refractivity contribution in [3.63, 3.8) is 0 Å². The normalized spacial score (nSPS) is 37.5. The number of hydrogen-bond acceptors (Lipinski definition) is 3. The molecule has 46 valence electrons. The van der Waals surface area contributed by atoms with Crippen LogP contribution in [-0.2, 0) is 9.53 Å². The average Bonchev–Trinajstić information content (AvgIpc) is 1.98. The van der Waals surface area contributed by atoms with Gasteiger partial charge in [-0.25, -0.2) is 0 Å². The summed E-state index contributed by atoms with van der Waals surface area (Å²) in [6, 6.07) is 0. The summed E-state index contributed by atoms with van der Waals surface area (Å²) in [6.45, 7) is 0.0347. The van der Waals surface area contributed by atoms with E-state index in [1.165, 1.54) is 0 Å². The van der Waals surface area contributed by atoms with Crippen LogP contribution in [0.15, 0.2) is 0 Å². The molecule has 2 atom stereocenters. The van der Waals surface area contributed by atoms with Crippen LogP contribution in [0.3, 0.4) is 0 Å². The Morgan fingerprint density at radius 2 is 2.50 bits per heavy atom. The predicted molar refractivity (Wildman–Crippen MR) is 26.6 cm³/mol. The Hall–Kier alpha value is -0.280. The number of alkyl halides is 1. The Kier molecular flexibility index (Phi) is 1.40. The summed E-state index contributed by atoms with van der Waals surface area (Å²) >= 11 is 5.29. The monoisotopic (exact) mass is 136 g/mol. The van der Waals surface area contributed by atoms with E-state index >= 15 is 0 Å². The molecule has 0 bridgehead atoms. The van der Waals surface area contributed by atoms with Crippen molar-refractivity contribution in [1.82, 2.24) is 0 Å². The molecule has 0 aromatic heterocycles. The molecule has 0 aromatic carbocycles. The number of esters is 1. The molecule has 1 saturated heterocycles. The van der Waals surface area contributed by atoms with E-state index in [0.717, 1.165) is 0 Å². The maximum Gasteiger partial charge on any atom is 0.326 e. The number of aliphatic hydroxyl groups excluding tert-OH is 1. The standard InChI is InChI=1S/C4H5ClO3/c5-3-2(6)1-8-4(3)7/h2-3,6H,1H2. The van der Waals surface area contributed by atoms with Gasteiger partial charge in [0.05, 0.1) is 0 Å². The van der Waals surface area contributed by atoms with E-state index in [2.05, 4.69) is 4.74 Å². The first-order valence-electron chi connectivity index (χ1n) is 2.20. The largest absolute Gasteiger partial charge is 0.462 e. The van der Waals surface area contributed by atoms with Gasteiger partial charge in [-0.1, -0.05) is 0 Å². The number of aliphatic hydroxyl groups is 1. The van der Waals surface area contributed by atoms with Gasteiger partial charge >= 0.3 is 5.97 Å². The Labute approximate surface area is 51.2 Å². The lowest BCUT2D eigenvalue weighted by molar-refractivity contribution is -0.137. The molecule has 2 unspecified atom stereocenters. The smallest absolute Gasteiger partial charge is 0.326 e. The van der Waals surface area contributed by atoms with Crippen LogP contribution in [0.2, 0.25) is 0 Å². The lowest BCUT2D eigenvalue weighted by Gasteiger charge is -1.95. The first-order valence-corrected chi connectivity index (χ1v) is 2.64. The van der Waals surface area contributed by atoms with E-state index in [4.69, 9.17) is 16.7 Å². The topological polar surface area (TPSA) is 46.5 Å². The molecule has 1 heterocycles. The summed E-state index contributed by atoms with van der Waals surface area (Å²) in [6.07, 6.45) is -0.816. The molecule has 0 aromatic rings. The highest BCUT2D eigenvalue weighted by atomic mass is 35.5. The van der Waals surface area contributed by atoms with E-state index in [1.54, 1.807) is 0 Å². The number of rotatable bonds is 0. The van der Waals surface area contributed by atoms with Crippen molar-refractivity contribution in [1.29, 1.82) is 0 Å². The molecule has 8 heavy (non-hydrogen) atoms. The molecule has 0 spiro atoms. The molecule has 1 aliphatic heterocycles. The summed E-state index contributed by atoms with van der Waals surface area (Å²) in [4.78, 5) is 10.3. The number of ether oxygens (including phenoxy) is 1. The van der Waals surface area contributed by atoms with E-state index in [0.29, 0.717) is 0 Å². The van der Waals surface area contributed by atoms with Crippen LogP contribution in [0.1, 0.15) is 0 Å². The minimum Gasteiger partial charge on any atom is -0.462 e. The Morgan fingerprint density at radius 1 is 1.88 bits per heavy atom. The first-order chi connectivity index (χ1) is 3.72. The second-order valence-electron chi connectivity index (χ2n) is 1.60. The van der Waals surface area contributed by atoms with Crippen molar-refractivity contribution in [2.75, 3.05) is 6.61 Å². The van der Waals surface area contributed by atoms with Crippen molar-refractivity contribution in [3.05, 3.63) is 0 Å². The molecule has 0 saturated carbocycles. The zero-order valence-electron chi connectivity index (χ0n) is 4.00. The SMILES string of the molecule is O=C1OCC(O)C1Cl. The first kappa shape index (κ1) is 5.85. The number of hydrogen-bond donors (Lipinski definition) is 1. The van der Waals surface area contributed by atoms with Crippen LogP contribution in [0.5, 0.6) is 0 Å². The maximum atomic E-state index is 10.3. The third kappa shape index (κ3) is 0.788. The molecule has 1 rings (SSSR count). The quantitative estimate of drug-likeness (QED) is 0.361. The highest BCUT2D eigenvalue weighted by Crippen LogP contribution is 2.12. The van der Waals surface area contributed by atoms with Gasteiger partial charge in [-0.2, -0.15) is 0 Å². The van der Waals surface area contributed by atoms with E-state index in [1.807, 2.05) is 0 Å². The summed E-state index contributed by atoms with van der Waals surface area (Å²) < 4.78 is 4.36. The van der Waals surface area contributed by atoms with Crippen molar-refractivity contribution in [2.24, 2.45) is 0 Å². The van der Waals surface area contributed by atoms with Gasteiger partial charge in [0.15, 0.2) is 5.38 Å². The average molecular weight is 137 g/mol. The van der Waals surface area contributed by atoms with Crippen molar-refractivity contribution >= 4 is 17.6 Å². The fourth-order valence-electron chi connectivity index (χ4n) is 0.489. The van der Waals surface area contributed by atoms with Crippen LogP contribution in [-0.4, -0.2) is 29.2 Å². The number of cyclic esters (lactones) is 1. The van der Waals surface area contributed by atoms with E-state index in [-0.39, 0.29) is 6.61 Å². The number of halogens is 1. The van der Waals surface area contributed by atoms with Gasteiger partial charge in [0.1, 0.15) is 12.7 Å². The molecule has 3 nitrogen and oxygen atoms in total. The van der Waals surface area contributed by atoms with Crippen LogP contribution >= 0.6 is 11.6 Å². The Morgan fingerprint density at radius 3 is 2.62 bits per heavy atom. The van der Waals surface area contributed by atoms with E-state index < -0.39 is 17.5 Å². The molecule has 0 aliphatic carbocycles. The van der Waals surface area contributed by atoms with Crippen LogP contribution in [0.4, 0.5) is 0 Å². The van der Waals surface area contributed by atoms with Crippen molar-refractivity contribution in [3.8, 4) is 0 Å². The summed E-state index contributed by atoms with van der Waals surface area (Å²) in [5.74, 6) is -0.529. The zero-order chi connectivity index (χ0) is 6.15. The second-order valence-corrected chi connectivity index (χ2v) is 2.07. The van der Waals surface area contributed by atoms with Crippen LogP contribution in [0, 0.1) is 0 Å². The highest BCUT2D eigenvalue weighted by Gasteiger charge is 2.33. The lowest BCUT2D eigenvalue weighted by atomic mass is 10.3. The maximum absolute atomic E-state index is 10.3. The van der Waals surface area contributed by atoms with E-state index in [9.17, 15) is 4.79 Å². The predicted octanol–water partition coefficient (Wildman–Crippen LogP) is -0.489. The molecule has 1 fully saturated rings. The van der Waals surface area contributed by atoms with Gasteiger partial charge in [0.2, 0.25) is 0 Å².